The van der Waals surface area contributed by atoms with E-state index in [-0.39, 0.29) is 5.91 Å². The van der Waals surface area contributed by atoms with Crippen LogP contribution in [-0.2, 0) is 6.54 Å². The van der Waals surface area contributed by atoms with E-state index in [1.165, 1.54) is 0 Å². The van der Waals surface area contributed by atoms with Crippen LogP contribution in [0.4, 0.5) is 11.5 Å². The summed E-state index contributed by atoms with van der Waals surface area (Å²) in [5.74, 6) is 0.965. The molecule has 3 aromatic heterocycles. The summed E-state index contributed by atoms with van der Waals surface area (Å²) >= 11 is 0. The minimum atomic E-state index is -0.112. The van der Waals surface area contributed by atoms with Crippen LogP contribution in [0.5, 0.6) is 0 Å². The fourth-order valence-electron chi connectivity index (χ4n) is 3.90. The predicted octanol–water partition coefficient (Wildman–Crippen LogP) is 4.06. The number of nitrogen functional groups attached to an aromatic ring is 1. The van der Waals surface area contributed by atoms with Gasteiger partial charge in [-0.25, -0.2) is 15.0 Å². The Morgan fingerprint density at radius 2 is 1.66 bits per heavy atom. The molecule has 0 spiro atoms. The molecule has 0 unspecified atom stereocenters. The third-order valence-electron chi connectivity index (χ3n) is 5.79. The number of hydrogen-bond donors (Lipinski definition) is 2. The fraction of sp³-hybridized carbons (Fsp3) is 0.111. The van der Waals surface area contributed by atoms with Crippen LogP contribution < -0.4 is 16.0 Å². The first kappa shape index (κ1) is 22.1. The number of carbonyl (C=O) groups is 1. The molecule has 8 nitrogen and oxygen atoms in total. The number of nitrogens with zero attached hydrogens (tertiary/aromatic N) is 5. The normalized spacial score (nSPS) is 10.9. The standard InChI is InChI=1S/C27H25N7O/c1-33(2)20-13-9-19(10-14-20)27(35)31-17-18-7-11-21(12-8-18)34-25(22-5-3-15-29-24(22)28)32-23-6-4-16-30-26(23)34/h3-16H,17H2,1-2H3,(H2,28,29)(H,31,35). The number of hydrogen-bond acceptors (Lipinski definition) is 6. The molecule has 0 fully saturated rings. The number of nitrogens with one attached hydrogen (secondary N) is 1. The molecule has 2 aromatic carbocycles. The number of anilines is 2. The Hall–Kier alpha value is -4.72. The monoisotopic (exact) mass is 463 g/mol. The zero-order valence-corrected chi connectivity index (χ0v) is 19.5. The van der Waals surface area contributed by atoms with Crippen molar-refractivity contribution < 1.29 is 4.79 Å². The van der Waals surface area contributed by atoms with Gasteiger partial charge in [0.1, 0.15) is 11.3 Å². The number of carbonyl (C=O) groups excluding carboxylic acids is 1. The van der Waals surface area contributed by atoms with Crippen molar-refractivity contribution in [3.8, 4) is 17.1 Å². The van der Waals surface area contributed by atoms with Crippen molar-refractivity contribution in [3.05, 3.63) is 96.3 Å². The number of imidazole rings is 1. The average molecular weight is 464 g/mol. The SMILES string of the molecule is CN(C)c1ccc(C(=O)NCc2ccc(-n3c(-c4cccnc4N)nc4cccnc43)cc2)cc1. The van der Waals surface area contributed by atoms with Gasteiger partial charge in [0, 0.05) is 50.0 Å². The molecule has 0 aliphatic heterocycles. The van der Waals surface area contributed by atoms with Crippen LogP contribution in [0.25, 0.3) is 28.2 Å². The number of fused-ring (bicyclic) bond motifs is 1. The van der Waals surface area contributed by atoms with Crippen molar-refractivity contribution in [2.24, 2.45) is 0 Å². The molecule has 1 amide bonds. The summed E-state index contributed by atoms with van der Waals surface area (Å²) in [6.45, 7) is 0.417. The van der Waals surface area contributed by atoms with Crippen molar-refractivity contribution in [1.29, 1.82) is 0 Å². The van der Waals surface area contributed by atoms with Gasteiger partial charge in [0.05, 0.1) is 5.56 Å². The van der Waals surface area contributed by atoms with Crippen molar-refractivity contribution in [2.45, 2.75) is 6.54 Å². The number of nitrogens with two attached hydrogens (primary N) is 1. The molecule has 5 aromatic rings. The summed E-state index contributed by atoms with van der Waals surface area (Å²) < 4.78 is 1.97. The average Bonchev–Trinajstić information content (AvgIpc) is 3.27. The van der Waals surface area contributed by atoms with Gasteiger partial charge >= 0.3 is 0 Å². The summed E-state index contributed by atoms with van der Waals surface area (Å²) in [6.07, 6.45) is 3.40. The van der Waals surface area contributed by atoms with E-state index in [0.717, 1.165) is 33.7 Å². The Balaban J connectivity index is 1.39. The van der Waals surface area contributed by atoms with Crippen LogP contribution in [0.2, 0.25) is 0 Å². The van der Waals surface area contributed by atoms with Crippen LogP contribution in [0.15, 0.2) is 85.2 Å². The number of aromatic nitrogens is 4. The number of amides is 1. The minimum absolute atomic E-state index is 0.112. The molecular formula is C27H25N7O. The van der Waals surface area contributed by atoms with Gasteiger partial charge in [0.15, 0.2) is 11.5 Å². The van der Waals surface area contributed by atoms with Gasteiger partial charge in [-0.2, -0.15) is 0 Å². The van der Waals surface area contributed by atoms with E-state index in [4.69, 9.17) is 10.7 Å². The van der Waals surface area contributed by atoms with Crippen LogP contribution in [0.1, 0.15) is 15.9 Å². The summed E-state index contributed by atoms with van der Waals surface area (Å²) in [7, 11) is 3.94. The molecule has 174 valence electrons. The molecule has 35 heavy (non-hydrogen) atoms. The molecule has 0 saturated heterocycles. The molecule has 8 heteroatoms. The topological polar surface area (TPSA) is 102 Å². The summed E-state index contributed by atoms with van der Waals surface area (Å²) in [5.41, 5.74) is 11.9. The van der Waals surface area contributed by atoms with Gasteiger partial charge in [0.25, 0.3) is 5.91 Å². The van der Waals surface area contributed by atoms with E-state index >= 15 is 0 Å². The zero-order valence-electron chi connectivity index (χ0n) is 19.5. The van der Waals surface area contributed by atoms with E-state index in [1.807, 2.05) is 96.4 Å². The fourth-order valence-corrected chi connectivity index (χ4v) is 3.90. The third-order valence-corrected chi connectivity index (χ3v) is 5.79. The van der Waals surface area contributed by atoms with Gasteiger partial charge < -0.3 is 16.0 Å². The Morgan fingerprint density at radius 1 is 0.943 bits per heavy atom. The smallest absolute Gasteiger partial charge is 0.251 e. The Kier molecular flexibility index (Phi) is 5.85. The lowest BCUT2D eigenvalue weighted by Gasteiger charge is -2.13. The predicted molar refractivity (Wildman–Crippen MR) is 138 cm³/mol. The highest BCUT2D eigenvalue weighted by Gasteiger charge is 2.17. The number of benzene rings is 2. The van der Waals surface area contributed by atoms with Gasteiger partial charge in [0.2, 0.25) is 0 Å². The lowest BCUT2D eigenvalue weighted by Crippen LogP contribution is -2.22. The second-order valence-electron chi connectivity index (χ2n) is 8.34. The maximum Gasteiger partial charge on any atom is 0.251 e. The van der Waals surface area contributed by atoms with Crippen LogP contribution in [0, 0.1) is 0 Å². The van der Waals surface area contributed by atoms with E-state index in [2.05, 4.69) is 15.3 Å². The highest BCUT2D eigenvalue weighted by Crippen LogP contribution is 2.30. The lowest BCUT2D eigenvalue weighted by atomic mass is 10.1. The lowest BCUT2D eigenvalue weighted by molar-refractivity contribution is 0.0951. The van der Waals surface area contributed by atoms with Gasteiger partial charge in [-0.1, -0.05) is 12.1 Å². The van der Waals surface area contributed by atoms with Crippen LogP contribution in [0.3, 0.4) is 0 Å². The molecule has 3 N–H and O–H groups in total. The maximum atomic E-state index is 12.6. The molecule has 0 aliphatic rings. The van der Waals surface area contributed by atoms with E-state index in [0.29, 0.717) is 23.8 Å². The van der Waals surface area contributed by atoms with Gasteiger partial charge in [-0.3, -0.25) is 9.36 Å². The first-order valence-corrected chi connectivity index (χ1v) is 11.2. The first-order valence-electron chi connectivity index (χ1n) is 11.2. The van der Waals surface area contributed by atoms with Gasteiger partial charge in [-0.05, 0) is 66.2 Å². The van der Waals surface area contributed by atoms with Crippen molar-refractivity contribution in [3.63, 3.8) is 0 Å². The maximum absolute atomic E-state index is 12.6. The molecule has 0 aliphatic carbocycles. The number of rotatable bonds is 6. The summed E-state index contributed by atoms with van der Waals surface area (Å²) in [6, 6.07) is 23.0. The minimum Gasteiger partial charge on any atom is -0.383 e. The molecular weight excluding hydrogens is 438 g/mol. The van der Waals surface area contributed by atoms with Crippen LogP contribution >= 0.6 is 0 Å². The molecule has 3 heterocycles. The molecule has 0 saturated carbocycles. The zero-order chi connectivity index (χ0) is 24.4. The van der Waals surface area contributed by atoms with Crippen molar-refractivity contribution in [1.82, 2.24) is 24.8 Å². The quantitative estimate of drug-likeness (QED) is 0.394. The highest BCUT2D eigenvalue weighted by atomic mass is 16.1. The Morgan fingerprint density at radius 3 is 2.37 bits per heavy atom. The second kappa shape index (κ2) is 9.26. The number of pyridine rings is 2. The van der Waals surface area contributed by atoms with Gasteiger partial charge in [-0.15, -0.1) is 0 Å². The molecule has 0 bridgehead atoms. The van der Waals surface area contributed by atoms with E-state index in [1.54, 1.807) is 12.4 Å². The Bertz CT molecular complexity index is 1490. The van der Waals surface area contributed by atoms with Crippen molar-refractivity contribution >= 4 is 28.6 Å². The summed E-state index contributed by atoms with van der Waals surface area (Å²) in [5, 5.41) is 2.98. The van der Waals surface area contributed by atoms with E-state index < -0.39 is 0 Å². The third kappa shape index (κ3) is 4.41. The van der Waals surface area contributed by atoms with Crippen molar-refractivity contribution in [2.75, 3.05) is 24.7 Å². The summed E-state index contributed by atoms with van der Waals surface area (Å²) in [4.78, 5) is 28.1. The Labute approximate surface area is 203 Å². The first-order chi connectivity index (χ1) is 17.0. The highest BCUT2D eigenvalue weighted by molar-refractivity contribution is 5.94. The van der Waals surface area contributed by atoms with E-state index in [9.17, 15) is 4.79 Å². The largest absolute Gasteiger partial charge is 0.383 e. The molecule has 5 rings (SSSR count). The second-order valence-corrected chi connectivity index (χ2v) is 8.34. The van der Waals surface area contributed by atoms with Crippen LogP contribution in [-0.4, -0.2) is 39.5 Å². The molecule has 0 atom stereocenters. The molecule has 0 radical (unpaired) electrons.